The third-order valence-corrected chi connectivity index (χ3v) is 5.40. The Morgan fingerprint density at radius 2 is 1.86 bits per heavy atom. The van der Waals surface area contributed by atoms with Gasteiger partial charge in [0, 0.05) is 24.5 Å². The van der Waals surface area contributed by atoms with Crippen LogP contribution in [0.1, 0.15) is 15.9 Å². The molecule has 0 fully saturated rings. The molecule has 142 valence electrons. The monoisotopic (exact) mass is 393 g/mol. The van der Waals surface area contributed by atoms with Crippen LogP contribution in [0.5, 0.6) is 11.5 Å². The lowest BCUT2D eigenvalue weighted by Gasteiger charge is -2.10. The third-order valence-electron chi connectivity index (χ3n) is 4.37. The average molecular weight is 393 g/mol. The zero-order valence-corrected chi connectivity index (χ0v) is 16.3. The van der Waals surface area contributed by atoms with Gasteiger partial charge in [0.25, 0.3) is 5.91 Å². The Bertz CT molecular complexity index is 1120. The molecule has 4 aromatic rings. The number of hydrogen-bond acceptors (Lipinski definition) is 5. The maximum atomic E-state index is 12.6. The molecule has 0 aliphatic carbocycles. The van der Waals surface area contributed by atoms with Crippen molar-refractivity contribution in [2.24, 2.45) is 0 Å². The van der Waals surface area contributed by atoms with Crippen molar-refractivity contribution in [3.05, 3.63) is 72.1 Å². The molecule has 2 aromatic heterocycles. The Morgan fingerprint density at radius 1 is 1.07 bits per heavy atom. The number of benzene rings is 2. The highest BCUT2D eigenvalue weighted by Crippen LogP contribution is 2.28. The second-order valence-electron chi connectivity index (χ2n) is 6.14. The van der Waals surface area contributed by atoms with Crippen molar-refractivity contribution in [1.29, 1.82) is 0 Å². The number of methoxy groups -OCH3 is 2. The summed E-state index contributed by atoms with van der Waals surface area (Å²) < 4.78 is 13.5. The minimum Gasteiger partial charge on any atom is -0.493 e. The highest BCUT2D eigenvalue weighted by molar-refractivity contribution is 7.20. The van der Waals surface area contributed by atoms with Crippen LogP contribution in [-0.4, -0.2) is 29.7 Å². The number of ether oxygens (including phenoxy) is 2. The molecule has 0 spiro atoms. The fraction of sp³-hybridized carbons (Fsp3) is 0.143. The molecule has 1 amide bonds. The molecular weight excluding hydrogens is 374 g/mol. The SMILES string of the molecule is COc1ccc(CNC(=O)c2ccc3nc(-n4cccc4)sc3c2)cc1OC. The predicted molar refractivity (Wildman–Crippen MR) is 110 cm³/mol. The van der Waals surface area contributed by atoms with Crippen LogP contribution in [0.15, 0.2) is 60.9 Å². The number of amides is 1. The average Bonchev–Trinajstić information content (AvgIpc) is 3.40. The van der Waals surface area contributed by atoms with Gasteiger partial charge in [-0.2, -0.15) is 0 Å². The van der Waals surface area contributed by atoms with E-state index in [1.165, 1.54) is 0 Å². The molecule has 0 aliphatic rings. The van der Waals surface area contributed by atoms with Crippen molar-refractivity contribution in [1.82, 2.24) is 14.9 Å². The molecule has 0 atom stereocenters. The number of nitrogens with zero attached hydrogens (tertiary/aromatic N) is 2. The molecule has 0 saturated carbocycles. The van der Waals surface area contributed by atoms with Gasteiger partial charge in [0.2, 0.25) is 0 Å². The van der Waals surface area contributed by atoms with E-state index in [1.807, 2.05) is 59.4 Å². The number of carbonyl (C=O) groups excluding carboxylic acids is 1. The quantitative estimate of drug-likeness (QED) is 0.537. The number of hydrogen-bond donors (Lipinski definition) is 1. The molecule has 6 nitrogen and oxygen atoms in total. The molecule has 2 heterocycles. The van der Waals surface area contributed by atoms with E-state index in [1.54, 1.807) is 31.6 Å². The van der Waals surface area contributed by atoms with E-state index in [4.69, 9.17) is 9.47 Å². The number of fused-ring (bicyclic) bond motifs is 1. The van der Waals surface area contributed by atoms with Gasteiger partial charge >= 0.3 is 0 Å². The van der Waals surface area contributed by atoms with Crippen molar-refractivity contribution in [3.63, 3.8) is 0 Å². The summed E-state index contributed by atoms with van der Waals surface area (Å²) in [5.41, 5.74) is 2.42. The van der Waals surface area contributed by atoms with Crippen molar-refractivity contribution >= 4 is 27.5 Å². The molecule has 0 unspecified atom stereocenters. The number of rotatable bonds is 6. The van der Waals surface area contributed by atoms with Crippen LogP contribution in [0.2, 0.25) is 0 Å². The molecule has 28 heavy (non-hydrogen) atoms. The van der Waals surface area contributed by atoms with Crippen LogP contribution in [0.4, 0.5) is 0 Å². The van der Waals surface area contributed by atoms with Gasteiger partial charge in [-0.25, -0.2) is 4.98 Å². The van der Waals surface area contributed by atoms with Crippen LogP contribution in [0.3, 0.4) is 0 Å². The maximum Gasteiger partial charge on any atom is 0.251 e. The summed E-state index contributed by atoms with van der Waals surface area (Å²) >= 11 is 1.55. The minimum atomic E-state index is -0.132. The maximum absolute atomic E-state index is 12.6. The Hall–Kier alpha value is -3.32. The highest BCUT2D eigenvalue weighted by atomic mass is 32.1. The number of aromatic nitrogens is 2. The van der Waals surface area contributed by atoms with Gasteiger partial charge in [0.05, 0.1) is 24.4 Å². The first-order valence-corrected chi connectivity index (χ1v) is 9.52. The lowest BCUT2D eigenvalue weighted by Crippen LogP contribution is -2.22. The summed E-state index contributed by atoms with van der Waals surface area (Å²) in [5, 5.41) is 3.82. The summed E-state index contributed by atoms with van der Waals surface area (Å²) in [6, 6.07) is 15.1. The van der Waals surface area contributed by atoms with Crippen molar-refractivity contribution in [2.75, 3.05) is 14.2 Å². The van der Waals surface area contributed by atoms with Crippen LogP contribution in [0.25, 0.3) is 15.3 Å². The van der Waals surface area contributed by atoms with E-state index >= 15 is 0 Å². The Kier molecular flexibility index (Phi) is 4.99. The Labute approximate surface area is 166 Å². The molecule has 0 saturated heterocycles. The second-order valence-corrected chi connectivity index (χ2v) is 7.15. The first-order chi connectivity index (χ1) is 13.7. The van der Waals surface area contributed by atoms with Gasteiger partial charge < -0.3 is 19.4 Å². The molecular formula is C21H19N3O3S. The van der Waals surface area contributed by atoms with Gasteiger partial charge in [-0.3, -0.25) is 4.79 Å². The fourth-order valence-electron chi connectivity index (χ4n) is 2.90. The summed E-state index contributed by atoms with van der Waals surface area (Å²) in [6.07, 6.45) is 3.91. The molecule has 2 aromatic carbocycles. The molecule has 0 radical (unpaired) electrons. The third kappa shape index (κ3) is 3.57. The Balaban J connectivity index is 1.49. The van der Waals surface area contributed by atoms with E-state index in [0.717, 1.165) is 20.9 Å². The van der Waals surface area contributed by atoms with Crippen molar-refractivity contribution in [2.45, 2.75) is 6.54 Å². The van der Waals surface area contributed by atoms with Crippen LogP contribution >= 0.6 is 11.3 Å². The van der Waals surface area contributed by atoms with Crippen LogP contribution < -0.4 is 14.8 Å². The number of carbonyl (C=O) groups is 1. The van der Waals surface area contributed by atoms with Gasteiger partial charge in [0.1, 0.15) is 0 Å². The molecule has 7 heteroatoms. The normalized spacial score (nSPS) is 10.8. The standard InChI is InChI=1S/C21H19N3O3S/c1-26-17-8-5-14(11-18(17)27-2)13-22-20(25)15-6-7-16-19(12-15)28-21(23-16)24-9-3-4-10-24/h3-12H,13H2,1-2H3,(H,22,25). The first-order valence-electron chi connectivity index (χ1n) is 8.71. The van der Waals surface area contributed by atoms with Gasteiger partial charge in [-0.15, -0.1) is 0 Å². The topological polar surface area (TPSA) is 65.4 Å². The largest absolute Gasteiger partial charge is 0.493 e. The number of thiazole rings is 1. The van der Waals surface area contributed by atoms with E-state index in [9.17, 15) is 4.79 Å². The van der Waals surface area contributed by atoms with Gasteiger partial charge in [-0.05, 0) is 48.0 Å². The van der Waals surface area contributed by atoms with E-state index in [0.29, 0.717) is 23.6 Å². The molecule has 1 N–H and O–H groups in total. The van der Waals surface area contributed by atoms with Gasteiger partial charge in [0.15, 0.2) is 16.6 Å². The van der Waals surface area contributed by atoms with Gasteiger partial charge in [-0.1, -0.05) is 17.4 Å². The lowest BCUT2D eigenvalue weighted by atomic mass is 10.1. The highest BCUT2D eigenvalue weighted by Gasteiger charge is 2.11. The summed E-state index contributed by atoms with van der Waals surface area (Å²) in [4.78, 5) is 17.2. The molecule has 4 rings (SSSR count). The number of nitrogens with one attached hydrogen (secondary N) is 1. The van der Waals surface area contributed by atoms with Crippen LogP contribution in [-0.2, 0) is 6.54 Å². The van der Waals surface area contributed by atoms with E-state index < -0.39 is 0 Å². The van der Waals surface area contributed by atoms with Crippen LogP contribution in [0, 0.1) is 0 Å². The smallest absolute Gasteiger partial charge is 0.251 e. The zero-order valence-electron chi connectivity index (χ0n) is 15.5. The zero-order chi connectivity index (χ0) is 19.5. The summed E-state index contributed by atoms with van der Waals surface area (Å²) in [5.74, 6) is 1.16. The first kappa shape index (κ1) is 18.1. The Morgan fingerprint density at radius 3 is 2.61 bits per heavy atom. The second kappa shape index (κ2) is 7.74. The van der Waals surface area contributed by atoms with E-state index in [2.05, 4.69) is 10.3 Å². The summed E-state index contributed by atoms with van der Waals surface area (Å²) in [6.45, 7) is 0.397. The fourth-order valence-corrected chi connectivity index (χ4v) is 3.87. The summed E-state index contributed by atoms with van der Waals surface area (Å²) in [7, 11) is 3.18. The molecule has 0 aliphatic heterocycles. The minimum absolute atomic E-state index is 0.132. The predicted octanol–water partition coefficient (Wildman–Crippen LogP) is 4.03. The van der Waals surface area contributed by atoms with Crippen molar-refractivity contribution in [3.8, 4) is 16.6 Å². The van der Waals surface area contributed by atoms with E-state index in [-0.39, 0.29) is 5.91 Å². The van der Waals surface area contributed by atoms with Crippen molar-refractivity contribution < 1.29 is 14.3 Å². The lowest BCUT2D eigenvalue weighted by molar-refractivity contribution is 0.0951. The molecule has 0 bridgehead atoms.